The molecule has 11 nitrogen and oxygen atoms in total. The Morgan fingerprint density at radius 1 is 1.25 bits per heavy atom. The summed E-state index contributed by atoms with van der Waals surface area (Å²) in [5.74, 6) is -0.630. The summed E-state index contributed by atoms with van der Waals surface area (Å²) in [7, 11) is 1.84. The lowest BCUT2D eigenvalue weighted by Crippen LogP contribution is -2.48. The summed E-state index contributed by atoms with van der Waals surface area (Å²) in [5, 5.41) is 12.6. The second-order valence-corrected chi connectivity index (χ2v) is 9.70. The van der Waals surface area contributed by atoms with Crippen molar-refractivity contribution < 1.29 is 19.5 Å². The van der Waals surface area contributed by atoms with Gasteiger partial charge in [-0.15, -0.1) is 0 Å². The van der Waals surface area contributed by atoms with E-state index >= 15 is 0 Å². The van der Waals surface area contributed by atoms with Gasteiger partial charge in [-0.25, -0.2) is 4.98 Å². The van der Waals surface area contributed by atoms with Gasteiger partial charge < -0.3 is 21.1 Å². The maximum atomic E-state index is 12.6. The molecule has 192 valence electrons. The number of nitrogens with two attached hydrogens (primary N) is 1. The van der Waals surface area contributed by atoms with Crippen LogP contribution in [-0.2, 0) is 14.4 Å². The third-order valence-electron chi connectivity index (χ3n) is 6.77. The van der Waals surface area contributed by atoms with Crippen molar-refractivity contribution >= 4 is 40.9 Å². The van der Waals surface area contributed by atoms with Crippen LogP contribution in [0.2, 0.25) is 0 Å². The number of anilines is 4. The number of hydrogen-bond acceptors (Lipinski definition) is 8. The van der Waals surface area contributed by atoms with Crippen molar-refractivity contribution in [2.24, 2.45) is 11.7 Å². The Labute approximate surface area is 210 Å². The predicted molar refractivity (Wildman–Crippen MR) is 136 cm³/mol. The minimum Gasteiger partial charge on any atom is -0.481 e. The molecule has 36 heavy (non-hydrogen) atoms. The molecule has 4 rings (SSSR count). The Morgan fingerprint density at radius 2 is 1.97 bits per heavy atom. The number of carbonyl (C=O) groups is 3. The molecule has 11 heteroatoms. The van der Waals surface area contributed by atoms with Crippen molar-refractivity contribution in [3.63, 3.8) is 0 Å². The van der Waals surface area contributed by atoms with Crippen LogP contribution < -0.4 is 20.9 Å². The Kier molecular flexibility index (Phi) is 7.39. The molecule has 2 unspecified atom stereocenters. The largest absolute Gasteiger partial charge is 0.481 e. The number of carboxylic acid groups (broad SMARTS) is 1. The van der Waals surface area contributed by atoms with Crippen molar-refractivity contribution in [3.8, 4) is 0 Å². The van der Waals surface area contributed by atoms with Gasteiger partial charge in [0.25, 0.3) is 0 Å². The van der Waals surface area contributed by atoms with Crippen LogP contribution in [0, 0.1) is 5.92 Å². The number of rotatable bonds is 9. The van der Waals surface area contributed by atoms with Gasteiger partial charge in [-0.05, 0) is 50.9 Å². The smallest absolute Gasteiger partial charge is 0.307 e. The number of aromatic nitrogens is 2. The van der Waals surface area contributed by atoms with Crippen LogP contribution in [0.5, 0.6) is 0 Å². The van der Waals surface area contributed by atoms with Gasteiger partial charge in [0.1, 0.15) is 0 Å². The monoisotopic (exact) mass is 495 g/mol. The molecule has 1 aromatic carbocycles. The van der Waals surface area contributed by atoms with E-state index in [9.17, 15) is 19.5 Å². The van der Waals surface area contributed by atoms with Gasteiger partial charge in [-0.1, -0.05) is 12.1 Å². The minimum atomic E-state index is -0.792. The molecule has 2 aliphatic rings. The highest BCUT2D eigenvalue weighted by atomic mass is 16.4. The van der Waals surface area contributed by atoms with Crippen LogP contribution in [0.3, 0.4) is 0 Å². The van der Waals surface area contributed by atoms with Crippen LogP contribution >= 0.6 is 0 Å². The average molecular weight is 496 g/mol. The molecule has 2 amide bonds. The molecule has 0 radical (unpaired) electrons. The fourth-order valence-corrected chi connectivity index (χ4v) is 4.92. The highest BCUT2D eigenvalue weighted by Crippen LogP contribution is 2.34. The summed E-state index contributed by atoms with van der Waals surface area (Å²) in [4.78, 5) is 50.2. The molecular weight excluding hydrogens is 462 g/mol. The lowest BCUT2D eigenvalue weighted by Gasteiger charge is -2.36. The number of carboxylic acids is 1. The SMILES string of the molecule is CC(C)N1C(=O)CN(C)c2cnc(Nc3ccc(C(CCC(N)=O)N4CCC(C(=O)O)C4)cc3)nc21. The van der Waals surface area contributed by atoms with Gasteiger partial charge in [0.2, 0.25) is 17.8 Å². The van der Waals surface area contributed by atoms with Crippen molar-refractivity contribution in [3.05, 3.63) is 36.0 Å². The number of hydrogen-bond donors (Lipinski definition) is 3. The Morgan fingerprint density at radius 3 is 2.58 bits per heavy atom. The van der Waals surface area contributed by atoms with Crippen LogP contribution in [0.4, 0.5) is 23.1 Å². The molecule has 3 heterocycles. The summed E-state index contributed by atoms with van der Waals surface area (Å²) in [5.41, 5.74) is 7.94. The zero-order chi connectivity index (χ0) is 26.0. The van der Waals surface area contributed by atoms with E-state index < -0.39 is 11.9 Å². The molecule has 2 aliphatic heterocycles. The first kappa shape index (κ1) is 25.4. The number of amides is 2. The first-order valence-electron chi connectivity index (χ1n) is 12.2. The molecule has 0 bridgehead atoms. The van der Waals surface area contributed by atoms with E-state index in [1.54, 1.807) is 11.1 Å². The summed E-state index contributed by atoms with van der Waals surface area (Å²) >= 11 is 0. The second-order valence-electron chi connectivity index (χ2n) is 9.70. The first-order chi connectivity index (χ1) is 17.1. The Bertz CT molecular complexity index is 1140. The number of likely N-dealkylation sites (N-methyl/N-ethyl adjacent to an activating group) is 1. The van der Waals surface area contributed by atoms with E-state index in [4.69, 9.17) is 5.73 Å². The molecular formula is C25H33N7O4. The number of benzene rings is 1. The van der Waals surface area contributed by atoms with Gasteiger partial charge in [0, 0.05) is 37.8 Å². The normalized spacial score (nSPS) is 18.9. The van der Waals surface area contributed by atoms with Crippen molar-refractivity contribution in [1.82, 2.24) is 14.9 Å². The molecule has 2 aromatic rings. The quantitative estimate of drug-likeness (QED) is 0.476. The Balaban J connectivity index is 1.53. The van der Waals surface area contributed by atoms with Gasteiger partial charge in [0.05, 0.1) is 24.3 Å². The molecule has 1 saturated heterocycles. The van der Waals surface area contributed by atoms with E-state index in [2.05, 4.69) is 20.2 Å². The van der Waals surface area contributed by atoms with E-state index in [1.165, 1.54) is 0 Å². The lowest BCUT2D eigenvalue weighted by molar-refractivity contribution is -0.141. The topological polar surface area (TPSA) is 145 Å². The standard InChI is InChI=1S/C25H33N7O4/c1-15(2)32-22(34)14-30(3)20-12-27-25(29-23(20)32)28-18-6-4-16(5-7-18)19(8-9-21(26)33)31-11-10-17(13-31)24(35)36/h4-7,12,15,17,19H,8-11,13-14H2,1-3H3,(H2,26,33)(H,35,36)(H,27,28,29). The highest BCUT2D eigenvalue weighted by Gasteiger charge is 2.33. The number of carbonyl (C=O) groups excluding carboxylic acids is 2. The maximum Gasteiger partial charge on any atom is 0.307 e. The van der Waals surface area contributed by atoms with Crippen molar-refractivity contribution in [1.29, 1.82) is 0 Å². The predicted octanol–water partition coefficient (Wildman–Crippen LogP) is 2.12. The second kappa shape index (κ2) is 10.5. The number of nitrogens with zero attached hydrogens (tertiary/aromatic N) is 5. The van der Waals surface area contributed by atoms with Crippen molar-refractivity contribution in [2.75, 3.05) is 41.8 Å². The molecule has 0 aliphatic carbocycles. The van der Waals surface area contributed by atoms with Crippen LogP contribution in [0.15, 0.2) is 30.5 Å². The van der Waals surface area contributed by atoms with E-state index in [0.717, 1.165) is 16.9 Å². The van der Waals surface area contributed by atoms with E-state index in [-0.39, 0.29) is 36.9 Å². The average Bonchev–Trinajstić information content (AvgIpc) is 3.30. The van der Waals surface area contributed by atoms with Crippen molar-refractivity contribution in [2.45, 2.75) is 45.2 Å². The van der Waals surface area contributed by atoms with Crippen LogP contribution in [0.1, 0.15) is 44.7 Å². The first-order valence-corrected chi connectivity index (χ1v) is 12.2. The molecule has 0 spiro atoms. The summed E-state index contributed by atoms with van der Waals surface area (Å²) in [6, 6.07) is 7.58. The number of primary amides is 1. The summed E-state index contributed by atoms with van der Waals surface area (Å²) in [6.45, 7) is 5.29. The third kappa shape index (κ3) is 5.40. The fourth-order valence-electron chi connectivity index (χ4n) is 4.92. The van der Waals surface area contributed by atoms with E-state index in [0.29, 0.717) is 37.7 Å². The van der Waals surface area contributed by atoms with Gasteiger partial charge in [-0.3, -0.25) is 24.2 Å². The number of likely N-dealkylation sites (tertiary alicyclic amines) is 1. The zero-order valence-electron chi connectivity index (χ0n) is 20.8. The summed E-state index contributed by atoms with van der Waals surface area (Å²) < 4.78 is 0. The molecule has 4 N–H and O–H groups in total. The maximum absolute atomic E-state index is 12.6. The molecule has 1 fully saturated rings. The number of nitrogens with one attached hydrogen (secondary N) is 1. The lowest BCUT2D eigenvalue weighted by atomic mass is 9.99. The van der Waals surface area contributed by atoms with Gasteiger partial charge >= 0.3 is 5.97 Å². The number of aliphatic carboxylic acids is 1. The number of fused-ring (bicyclic) bond motifs is 1. The third-order valence-corrected chi connectivity index (χ3v) is 6.77. The Hall–Kier alpha value is -3.73. The van der Waals surface area contributed by atoms with Gasteiger partial charge in [-0.2, -0.15) is 4.98 Å². The zero-order valence-corrected chi connectivity index (χ0v) is 20.8. The van der Waals surface area contributed by atoms with Gasteiger partial charge in [0.15, 0.2) is 5.82 Å². The fraction of sp³-hybridized carbons (Fsp3) is 0.480. The minimum absolute atomic E-state index is 0.0111. The van der Waals surface area contributed by atoms with E-state index in [1.807, 2.05) is 50.1 Å². The van der Waals surface area contributed by atoms with Crippen LogP contribution in [0.25, 0.3) is 0 Å². The highest BCUT2D eigenvalue weighted by molar-refractivity contribution is 6.02. The summed E-state index contributed by atoms with van der Waals surface area (Å²) in [6.07, 6.45) is 3.05. The van der Waals surface area contributed by atoms with Crippen LogP contribution in [-0.4, -0.2) is 70.5 Å². The molecule has 2 atom stereocenters. The molecule has 1 aromatic heterocycles. The molecule has 0 saturated carbocycles.